The number of anilines is 2. The fourth-order valence-electron chi connectivity index (χ4n) is 7.22. The Kier molecular flexibility index (Phi) is 9.92. The van der Waals surface area contributed by atoms with E-state index in [2.05, 4.69) is 153 Å². The highest BCUT2D eigenvalue weighted by Gasteiger charge is 2.11. The number of aromatic nitrogens is 2. The van der Waals surface area contributed by atoms with Crippen LogP contribution in [0.15, 0.2) is 109 Å². The Morgan fingerprint density at radius 2 is 0.896 bits per heavy atom. The zero-order chi connectivity index (χ0) is 32.7. The quantitative estimate of drug-likeness (QED) is 0.0800. The molecule has 7 aromatic rings. The Hall–Kier alpha value is -4.78. The first kappa shape index (κ1) is 31.8. The van der Waals surface area contributed by atoms with E-state index in [1.807, 2.05) is 0 Å². The van der Waals surface area contributed by atoms with Gasteiger partial charge in [0.15, 0.2) is 0 Å². The first-order valence-electron chi connectivity index (χ1n) is 17.7. The maximum Gasteiger partial charge on any atom is 0.0492 e. The van der Waals surface area contributed by atoms with Crippen molar-refractivity contribution in [1.82, 2.24) is 19.8 Å². The fraction of sp³-hybridized carbons (Fsp3) is 0.286. The number of para-hydroxylation sites is 2. The third-order valence-corrected chi connectivity index (χ3v) is 9.55. The normalized spacial score (nSPS) is 11.7. The largest absolute Gasteiger partial charge is 0.385 e. The Morgan fingerprint density at radius 3 is 1.38 bits per heavy atom. The van der Waals surface area contributed by atoms with E-state index in [1.165, 1.54) is 66.1 Å². The fourth-order valence-corrected chi connectivity index (χ4v) is 7.22. The maximum absolute atomic E-state index is 3.64. The van der Waals surface area contributed by atoms with E-state index in [1.54, 1.807) is 0 Å². The van der Waals surface area contributed by atoms with Gasteiger partial charge in [0.25, 0.3) is 0 Å². The van der Waals surface area contributed by atoms with Gasteiger partial charge < -0.3 is 30.4 Å². The molecule has 2 heterocycles. The number of benzene rings is 5. The summed E-state index contributed by atoms with van der Waals surface area (Å²) in [6.07, 6.45) is 2.14. The van der Waals surface area contributed by atoms with E-state index in [9.17, 15) is 0 Å². The minimum Gasteiger partial charge on any atom is -0.385 e. The molecule has 246 valence electrons. The average Bonchev–Trinajstić information content (AvgIpc) is 3.62. The van der Waals surface area contributed by atoms with Gasteiger partial charge in [0, 0.05) is 94.3 Å². The van der Waals surface area contributed by atoms with Gasteiger partial charge in [-0.3, -0.25) is 0 Å². The zero-order valence-electron chi connectivity index (χ0n) is 28.4. The predicted molar refractivity (Wildman–Crippen MR) is 206 cm³/mol. The van der Waals surface area contributed by atoms with Crippen LogP contribution >= 0.6 is 0 Å². The summed E-state index contributed by atoms with van der Waals surface area (Å²) < 4.78 is 4.80. The molecule has 0 bridgehead atoms. The molecule has 48 heavy (non-hydrogen) atoms. The van der Waals surface area contributed by atoms with Crippen molar-refractivity contribution >= 4 is 55.0 Å². The molecule has 4 N–H and O–H groups in total. The van der Waals surface area contributed by atoms with Crippen LogP contribution < -0.4 is 21.3 Å². The summed E-state index contributed by atoms with van der Waals surface area (Å²) in [6, 6.07) is 39.9. The summed E-state index contributed by atoms with van der Waals surface area (Å²) in [6.45, 7) is 12.0. The number of hydrogen-bond acceptors (Lipinski definition) is 4. The van der Waals surface area contributed by atoms with Crippen LogP contribution in [0.4, 0.5) is 11.4 Å². The van der Waals surface area contributed by atoms with Crippen LogP contribution in [0.5, 0.6) is 0 Å². The average molecular weight is 637 g/mol. The van der Waals surface area contributed by atoms with E-state index < -0.39 is 0 Å². The van der Waals surface area contributed by atoms with Crippen LogP contribution in [0.3, 0.4) is 0 Å². The molecular formula is C42H48N6. The molecule has 6 heteroatoms. The SMILES string of the molecule is CCn1c2ccccc2c2cc(NCCCNCc3cccc(CNCCCNc4ccc5c(c4)c4ccccc4n5CC)c3)ccc21. The minimum atomic E-state index is 0.890. The molecule has 0 atom stereocenters. The Morgan fingerprint density at radius 1 is 0.438 bits per heavy atom. The number of fused-ring (bicyclic) bond motifs is 6. The molecular weight excluding hydrogens is 589 g/mol. The summed E-state index contributed by atoms with van der Waals surface area (Å²) >= 11 is 0. The predicted octanol–water partition coefficient (Wildman–Crippen LogP) is 9.13. The number of hydrogen-bond donors (Lipinski definition) is 4. The smallest absolute Gasteiger partial charge is 0.0492 e. The van der Waals surface area contributed by atoms with Crippen LogP contribution in [0, 0.1) is 0 Å². The second-order valence-corrected chi connectivity index (χ2v) is 12.7. The van der Waals surface area contributed by atoms with Crippen LogP contribution in [0.25, 0.3) is 43.6 Å². The van der Waals surface area contributed by atoms with E-state index in [-0.39, 0.29) is 0 Å². The van der Waals surface area contributed by atoms with Crippen LogP contribution in [0.2, 0.25) is 0 Å². The standard InChI is InChI=1S/C42H48N6/c1-3-47-39-16-7-5-14-35(39)37-27-33(18-20-41(37)47)45-24-10-22-43-29-31-12-9-13-32(26-31)30-44-23-11-25-46-34-19-21-42-38(28-34)36-15-6-8-17-40(36)48(42)4-2/h5-9,12-21,26-28,43-46H,3-4,10-11,22-25,29-30H2,1-2H3. The van der Waals surface area contributed by atoms with Crippen molar-refractivity contribution in [3.05, 3.63) is 120 Å². The van der Waals surface area contributed by atoms with Gasteiger partial charge in [-0.05, 0) is 99.4 Å². The van der Waals surface area contributed by atoms with Crippen molar-refractivity contribution in [2.75, 3.05) is 36.8 Å². The van der Waals surface area contributed by atoms with Crippen LogP contribution in [-0.4, -0.2) is 35.3 Å². The Balaban J connectivity index is 0.808. The third kappa shape index (κ3) is 6.77. The molecule has 0 saturated carbocycles. The number of nitrogens with one attached hydrogen (secondary N) is 4. The van der Waals surface area contributed by atoms with E-state index in [0.29, 0.717) is 0 Å². The van der Waals surface area contributed by atoms with Crippen molar-refractivity contribution in [2.24, 2.45) is 0 Å². The van der Waals surface area contributed by atoms with Gasteiger partial charge in [-0.25, -0.2) is 0 Å². The highest BCUT2D eigenvalue weighted by atomic mass is 15.0. The van der Waals surface area contributed by atoms with Gasteiger partial charge in [0.2, 0.25) is 0 Å². The summed E-state index contributed by atoms with van der Waals surface area (Å²) in [4.78, 5) is 0. The van der Waals surface area contributed by atoms with Crippen molar-refractivity contribution in [3.8, 4) is 0 Å². The summed E-state index contributed by atoms with van der Waals surface area (Å²) in [5.41, 5.74) is 10.3. The molecule has 0 radical (unpaired) electrons. The Labute approximate surface area is 284 Å². The summed E-state index contributed by atoms with van der Waals surface area (Å²) in [5, 5.41) is 19.8. The molecule has 0 amide bonds. The van der Waals surface area contributed by atoms with E-state index in [0.717, 1.165) is 65.2 Å². The van der Waals surface area contributed by atoms with Crippen molar-refractivity contribution in [2.45, 2.75) is 52.9 Å². The van der Waals surface area contributed by atoms with Gasteiger partial charge in [-0.1, -0.05) is 60.7 Å². The summed E-state index contributed by atoms with van der Waals surface area (Å²) in [5.74, 6) is 0. The van der Waals surface area contributed by atoms with Crippen LogP contribution in [-0.2, 0) is 26.2 Å². The lowest BCUT2D eigenvalue weighted by Gasteiger charge is -2.10. The topological polar surface area (TPSA) is 58.0 Å². The first-order chi connectivity index (χ1) is 23.7. The van der Waals surface area contributed by atoms with Crippen LogP contribution in [0.1, 0.15) is 37.8 Å². The molecule has 6 nitrogen and oxygen atoms in total. The van der Waals surface area contributed by atoms with Gasteiger partial charge >= 0.3 is 0 Å². The molecule has 0 aliphatic carbocycles. The number of aryl methyl sites for hydroxylation is 2. The van der Waals surface area contributed by atoms with Gasteiger partial charge in [0.05, 0.1) is 0 Å². The first-order valence-corrected chi connectivity index (χ1v) is 17.7. The molecule has 0 fully saturated rings. The van der Waals surface area contributed by atoms with Gasteiger partial charge in [-0.2, -0.15) is 0 Å². The monoisotopic (exact) mass is 636 g/mol. The molecule has 0 aliphatic rings. The molecule has 7 rings (SSSR count). The third-order valence-electron chi connectivity index (χ3n) is 9.55. The minimum absolute atomic E-state index is 0.890. The molecule has 0 spiro atoms. The lowest BCUT2D eigenvalue weighted by molar-refractivity contribution is 0.654. The molecule has 5 aromatic carbocycles. The maximum atomic E-state index is 3.64. The highest BCUT2D eigenvalue weighted by molar-refractivity contribution is 6.10. The summed E-state index contributed by atoms with van der Waals surface area (Å²) in [7, 11) is 0. The second kappa shape index (κ2) is 15.0. The second-order valence-electron chi connectivity index (χ2n) is 12.7. The number of rotatable bonds is 16. The highest BCUT2D eigenvalue weighted by Crippen LogP contribution is 2.32. The molecule has 0 saturated heterocycles. The van der Waals surface area contributed by atoms with E-state index in [4.69, 9.17) is 0 Å². The van der Waals surface area contributed by atoms with Crippen molar-refractivity contribution < 1.29 is 0 Å². The van der Waals surface area contributed by atoms with Crippen molar-refractivity contribution in [3.63, 3.8) is 0 Å². The van der Waals surface area contributed by atoms with E-state index >= 15 is 0 Å². The lowest BCUT2D eigenvalue weighted by atomic mass is 10.1. The molecule has 0 aliphatic heterocycles. The molecule has 0 unspecified atom stereocenters. The van der Waals surface area contributed by atoms with Crippen molar-refractivity contribution in [1.29, 1.82) is 0 Å². The zero-order valence-corrected chi connectivity index (χ0v) is 28.4. The number of nitrogens with zero attached hydrogens (tertiary/aromatic N) is 2. The van der Waals surface area contributed by atoms with Gasteiger partial charge in [0.1, 0.15) is 0 Å². The molecule has 2 aromatic heterocycles. The van der Waals surface area contributed by atoms with Gasteiger partial charge in [-0.15, -0.1) is 0 Å². The lowest BCUT2D eigenvalue weighted by Crippen LogP contribution is -2.19. The Bertz CT molecular complexity index is 1990.